The minimum atomic E-state index is -0.137. The molecule has 2 heterocycles. The van der Waals surface area contributed by atoms with Crippen molar-refractivity contribution in [1.29, 1.82) is 0 Å². The molecule has 0 saturated carbocycles. The molecule has 0 unspecified atom stereocenters. The van der Waals surface area contributed by atoms with Crippen LogP contribution in [0, 0.1) is 0 Å². The maximum atomic E-state index is 13.2. The second kappa shape index (κ2) is 32.6. The molecule has 2 rings (SSSR count). The zero-order valence-corrected chi connectivity index (χ0v) is 35.8. The van der Waals surface area contributed by atoms with Crippen LogP contribution in [0.15, 0.2) is 0 Å². The molecular formula is C46H84N6O2. The number of hydrogen-bond acceptors (Lipinski definition) is 4. The number of nitrogens with one attached hydrogen (secondary N) is 4. The van der Waals surface area contributed by atoms with E-state index in [1.165, 1.54) is 154 Å². The van der Waals surface area contributed by atoms with Gasteiger partial charge < -0.3 is 20.6 Å². The van der Waals surface area contributed by atoms with Crippen molar-refractivity contribution in [3.63, 3.8) is 0 Å². The molecule has 2 aromatic heterocycles. The van der Waals surface area contributed by atoms with E-state index in [1.54, 1.807) is 0 Å². The van der Waals surface area contributed by atoms with Gasteiger partial charge in [0.25, 0.3) is 11.8 Å². The Bertz CT molecular complexity index is 1110. The van der Waals surface area contributed by atoms with Gasteiger partial charge in [-0.2, -0.15) is 0 Å². The standard InChI is InChI=1S/C46H84N6O2/c1-5-9-11-13-15-17-19-21-23-25-27-29-31-33-37-47-45(53)41-39(35-7-3)49-43(51-41)44-50-40(36-8-4)42(52-44)46(54)48-38-34-32-30-28-26-24-22-20-18-16-14-12-10-6-2/h5-38H2,1-4H3,(H,47,53)(H,48,54)(H,49,51)(H,50,52). The Hall–Kier alpha value is -2.64. The number of aromatic nitrogens is 4. The Morgan fingerprint density at radius 1 is 0.389 bits per heavy atom. The smallest absolute Gasteiger partial charge is 0.271 e. The van der Waals surface area contributed by atoms with Crippen molar-refractivity contribution in [3.8, 4) is 11.6 Å². The number of nitrogens with zero attached hydrogens (tertiary/aromatic N) is 2. The van der Waals surface area contributed by atoms with Crippen molar-refractivity contribution in [2.75, 3.05) is 13.1 Å². The second-order valence-corrected chi connectivity index (χ2v) is 16.0. The average Bonchev–Trinajstić information content (AvgIpc) is 3.80. The lowest BCUT2D eigenvalue weighted by atomic mass is 10.0. The van der Waals surface area contributed by atoms with Crippen LogP contribution in [0.1, 0.15) is 253 Å². The van der Waals surface area contributed by atoms with Gasteiger partial charge >= 0.3 is 0 Å². The zero-order valence-electron chi connectivity index (χ0n) is 35.8. The van der Waals surface area contributed by atoms with Crippen LogP contribution in [0.3, 0.4) is 0 Å². The fourth-order valence-electron chi connectivity index (χ4n) is 7.49. The van der Waals surface area contributed by atoms with Gasteiger partial charge in [0.1, 0.15) is 11.4 Å². The SMILES string of the molecule is CCCCCCCCCCCCCCCCNC(=O)c1nc(-c2nc(C(=O)NCCCCCCCCCCCCCCCC)c(CCC)[nH]2)[nH]c1CCC. The fourth-order valence-corrected chi connectivity index (χ4v) is 7.49. The molecule has 0 saturated heterocycles. The third-order valence-corrected chi connectivity index (χ3v) is 10.8. The molecule has 0 aliphatic carbocycles. The van der Waals surface area contributed by atoms with Gasteiger partial charge in [0.2, 0.25) is 0 Å². The number of aromatic amines is 2. The Kier molecular flexibility index (Phi) is 28.7. The maximum Gasteiger partial charge on any atom is 0.271 e. The van der Waals surface area contributed by atoms with Gasteiger partial charge in [-0.1, -0.05) is 207 Å². The number of H-pyrrole nitrogens is 2. The van der Waals surface area contributed by atoms with E-state index in [2.05, 4.69) is 48.3 Å². The first-order valence-electron chi connectivity index (χ1n) is 23.3. The summed E-state index contributed by atoms with van der Waals surface area (Å²) in [5, 5.41) is 6.21. The fraction of sp³-hybridized carbons (Fsp3) is 0.826. The predicted molar refractivity (Wildman–Crippen MR) is 229 cm³/mol. The number of carbonyl (C=O) groups excluding carboxylic acids is 2. The first-order valence-corrected chi connectivity index (χ1v) is 23.3. The molecular weight excluding hydrogens is 669 g/mol. The van der Waals surface area contributed by atoms with Crippen LogP contribution >= 0.6 is 0 Å². The monoisotopic (exact) mass is 753 g/mol. The van der Waals surface area contributed by atoms with E-state index in [0.29, 0.717) is 36.1 Å². The normalized spacial score (nSPS) is 11.4. The largest absolute Gasteiger partial charge is 0.351 e. The van der Waals surface area contributed by atoms with Gasteiger partial charge in [0.15, 0.2) is 11.6 Å². The van der Waals surface area contributed by atoms with Crippen LogP contribution in [0.5, 0.6) is 0 Å². The molecule has 4 N–H and O–H groups in total. The van der Waals surface area contributed by atoms with E-state index < -0.39 is 0 Å². The highest BCUT2D eigenvalue weighted by Gasteiger charge is 2.22. The molecule has 0 aromatic carbocycles. The van der Waals surface area contributed by atoms with E-state index in [1.807, 2.05) is 0 Å². The van der Waals surface area contributed by atoms with Crippen LogP contribution in [-0.2, 0) is 12.8 Å². The van der Waals surface area contributed by atoms with Gasteiger partial charge in [-0.15, -0.1) is 0 Å². The molecule has 0 atom stereocenters. The van der Waals surface area contributed by atoms with E-state index in [-0.39, 0.29) is 11.8 Å². The third-order valence-electron chi connectivity index (χ3n) is 10.8. The molecule has 8 heteroatoms. The van der Waals surface area contributed by atoms with E-state index in [9.17, 15) is 9.59 Å². The number of carbonyl (C=O) groups is 2. The molecule has 0 radical (unpaired) electrons. The molecule has 0 spiro atoms. The number of aryl methyl sites for hydroxylation is 2. The Morgan fingerprint density at radius 2 is 0.648 bits per heavy atom. The average molecular weight is 753 g/mol. The number of hydrogen-bond donors (Lipinski definition) is 4. The molecule has 0 bridgehead atoms. The van der Waals surface area contributed by atoms with Crippen LogP contribution < -0.4 is 10.6 Å². The van der Waals surface area contributed by atoms with Crippen molar-refractivity contribution in [1.82, 2.24) is 30.6 Å². The van der Waals surface area contributed by atoms with Gasteiger partial charge in [-0.05, 0) is 25.7 Å². The second-order valence-electron chi connectivity index (χ2n) is 16.0. The Labute approximate surface area is 331 Å². The van der Waals surface area contributed by atoms with Gasteiger partial charge in [0.05, 0.1) is 0 Å². The molecule has 8 nitrogen and oxygen atoms in total. The molecule has 0 aliphatic heterocycles. The lowest BCUT2D eigenvalue weighted by molar-refractivity contribution is 0.0939. The van der Waals surface area contributed by atoms with Gasteiger partial charge in [-0.3, -0.25) is 9.59 Å². The first kappa shape index (κ1) is 47.5. The van der Waals surface area contributed by atoms with Crippen molar-refractivity contribution in [2.24, 2.45) is 0 Å². The topological polar surface area (TPSA) is 116 Å². The van der Waals surface area contributed by atoms with Crippen LogP contribution in [0.2, 0.25) is 0 Å². The summed E-state index contributed by atoms with van der Waals surface area (Å²) in [6.07, 6.45) is 40.1. The minimum absolute atomic E-state index is 0.137. The van der Waals surface area contributed by atoms with Crippen molar-refractivity contribution in [2.45, 2.75) is 233 Å². The lowest BCUT2D eigenvalue weighted by Gasteiger charge is -2.05. The maximum absolute atomic E-state index is 13.2. The van der Waals surface area contributed by atoms with E-state index >= 15 is 0 Å². The summed E-state index contributed by atoms with van der Waals surface area (Å²) in [5.74, 6) is 0.760. The summed E-state index contributed by atoms with van der Waals surface area (Å²) in [6, 6.07) is 0. The van der Waals surface area contributed by atoms with Gasteiger partial charge in [0, 0.05) is 24.5 Å². The van der Waals surface area contributed by atoms with Gasteiger partial charge in [-0.25, -0.2) is 9.97 Å². The number of amides is 2. The summed E-state index contributed by atoms with van der Waals surface area (Å²) >= 11 is 0. The summed E-state index contributed by atoms with van der Waals surface area (Å²) in [4.78, 5) is 42.6. The Morgan fingerprint density at radius 3 is 0.907 bits per heavy atom. The van der Waals surface area contributed by atoms with Crippen LogP contribution in [0.4, 0.5) is 0 Å². The molecule has 2 aromatic rings. The summed E-state index contributed by atoms with van der Waals surface area (Å²) in [6.45, 7) is 10.1. The Balaban J connectivity index is 1.70. The zero-order chi connectivity index (χ0) is 38.9. The van der Waals surface area contributed by atoms with E-state index in [4.69, 9.17) is 9.97 Å². The summed E-state index contributed by atoms with van der Waals surface area (Å²) in [5.41, 5.74) is 2.52. The lowest BCUT2D eigenvalue weighted by Crippen LogP contribution is -2.26. The van der Waals surface area contributed by atoms with Crippen molar-refractivity contribution in [3.05, 3.63) is 22.8 Å². The highest BCUT2D eigenvalue weighted by molar-refractivity contribution is 5.95. The first-order chi connectivity index (χ1) is 26.5. The molecule has 0 fully saturated rings. The predicted octanol–water partition coefficient (Wildman–Crippen LogP) is 13.1. The number of imidazole rings is 2. The summed E-state index contributed by atoms with van der Waals surface area (Å²) in [7, 11) is 0. The van der Waals surface area contributed by atoms with Crippen LogP contribution in [-0.4, -0.2) is 44.8 Å². The molecule has 0 aliphatic rings. The highest BCUT2D eigenvalue weighted by Crippen LogP contribution is 2.21. The highest BCUT2D eigenvalue weighted by atomic mass is 16.2. The summed E-state index contributed by atoms with van der Waals surface area (Å²) < 4.78 is 0. The molecule has 2 amide bonds. The van der Waals surface area contributed by atoms with Crippen LogP contribution in [0.25, 0.3) is 11.6 Å². The third kappa shape index (κ3) is 21.5. The quantitative estimate of drug-likeness (QED) is 0.0514. The molecule has 310 valence electrons. The van der Waals surface area contributed by atoms with Crippen molar-refractivity contribution < 1.29 is 9.59 Å². The van der Waals surface area contributed by atoms with E-state index in [0.717, 1.165) is 62.8 Å². The minimum Gasteiger partial charge on any atom is -0.351 e. The number of unbranched alkanes of at least 4 members (excludes halogenated alkanes) is 26. The van der Waals surface area contributed by atoms with Crippen molar-refractivity contribution >= 4 is 11.8 Å². The molecule has 54 heavy (non-hydrogen) atoms. The number of rotatable bonds is 37.